The van der Waals surface area contributed by atoms with Crippen LogP contribution in [0, 0.1) is 11.8 Å². The van der Waals surface area contributed by atoms with E-state index in [-0.39, 0.29) is 0 Å². The van der Waals surface area contributed by atoms with Crippen LogP contribution in [0.15, 0.2) is 6.20 Å². The van der Waals surface area contributed by atoms with Crippen molar-refractivity contribution in [3.63, 3.8) is 0 Å². The Bertz CT molecular complexity index is 374. The monoisotopic (exact) mass is 233 g/mol. The van der Waals surface area contributed by atoms with Gasteiger partial charge in [-0.1, -0.05) is 13.8 Å². The zero-order chi connectivity index (χ0) is 12.3. The summed E-state index contributed by atoms with van der Waals surface area (Å²) in [5.41, 5.74) is 8.32. The van der Waals surface area contributed by atoms with Crippen LogP contribution >= 0.6 is 0 Å². The molecule has 1 atom stereocenters. The fourth-order valence-corrected chi connectivity index (χ4v) is 2.36. The minimum absolute atomic E-state index is 0.632. The van der Waals surface area contributed by atoms with E-state index in [0.717, 1.165) is 37.5 Å². The van der Waals surface area contributed by atoms with E-state index in [1.54, 1.807) is 0 Å². The lowest BCUT2D eigenvalue weighted by molar-refractivity contribution is 0.459. The van der Waals surface area contributed by atoms with E-state index in [0.29, 0.717) is 5.92 Å². The topological polar surface area (TPSA) is 51.8 Å². The molecule has 17 heavy (non-hydrogen) atoms. The van der Waals surface area contributed by atoms with Crippen molar-refractivity contribution < 1.29 is 0 Å². The summed E-state index contributed by atoms with van der Waals surface area (Å²) in [5.74, 6) is 2.37. The largest absolute Gasteiger partial charge is 0.330 e. The maximum absolute atomic E-state index is 5.73. The number of hydrogen-bond acceptors (Lipinski definition) is 3. The molecule has 2 N–H and O–H groups in total. The van der Waals surface area contributed by atoms with E-state index < -0.39 is 0 Å². The SMILES string of the molecule is CC(C)CCc1ncc2c(n1)CCC(CN)C2. The summed E-state index contributed by atoms with van der Waals surface area (Å²) in [7, 11) is 0. The van der Waals surface area contributed by atoms with Gasteiger partial charge in [0.1, 0.15) is 5.82 Å². The molecule has 0 saturated carbocycles. The Morgan fingerprint density at radius 2 is 2.29 bits per heavy atom. The zero-order valence-corrected chi connectivity index (χ0v) is 10.9. The highest BCUT2D eigenvalue weighted by Gasteiger charge is 2.19. The Hall–Kier alpha value is -0.960. The quantitative estimate of drug-likeness (QED) is 0.866. The number of aryl methyl sites for hydroxylation is 2. The Kier molecular flexibility index (Phi) is 4.11. The number of rotatable bonds is 4. The predicted molar refractivity (Wildman–Crippen MR) is 69.8 cm³/mol. The first-order chi connectivity index (χ1) is 8.19. The average molecular weight is 233 g/mol. The molecule has 1 aromatic heterocycles. The highest BCUT2D eigenvalue weighted by molar-refractivity contribution is 5.21. The van der Waals surface area contributed by atoms with Crippen molar-refractivity contribution in [3.05, 3.63) is 23.3 Å². The Morgan fingerprint density at radius 3 is 3.00 bits per heavy atom. The fourth-order valence-electron chi connectivity index (χ4n) is 2.36. The van der Waals surface area contributed by atoms with Crippen LogP contribution in [0.4, 0.5) is 0 Å². The average Bonchev–Trinajstić information content (AvgIpc) is 2.35. The van der Waals surface area contributed by atoms with Gasteiger partial charge in [0.25, 0.3) is 0 Å². The van der Waals surface area contributed by atoms with Crippen LogP contribution in [0.3, 0.4) is 0 Å². The van der Waals surface area contributed by atoms with E-state index in [1.165, 1.54) is 24.1 Å². The van der Waals surface area contributed by atoms with E-state index in [9.17, 15) is 0 Å². The summed E-state index contributed by atoms with van der Waals surface area (Å²) in [6, 6.07) is 0. The molecule has 0 saturated heterocycles. The maximum atomic E-state index is 5.73. The smallest absolute Gasteiger partial charge is 0.128 e. The molecule has 1 aromatic rings. The molecular formula is C14H23N3. The van der Waals surface area contributed by atoms with Crippen LogP contribution < -0.4 is 5.73 Å². The summed E-state index contributed by atoms with van der Waals surface area (Å²) in [6.45, 7) is 5.27. The molecule has 1 aliphatic carbocycles. The molecule has 0 bridgehead atoms. The standard InChI is InChI=1S/C14H23N3/c1-10(2)3-6-14-16-9-12-7-11(8-15)4-5-13(12)17-14/h9-11H,3-8,15H2,1-2H3. The van der Waals surface area contributed by atoms with Gasteiger partial charge in [0, 0.05) is 18.3 Å². The lowest BCUT2D eigenvalue weighted by atomic mass is 9.87. The molecule has 2 rings (SSSR count). The molecule has 3 nitrogen and oxygen atoms in total. The van der Waals surface area contributed by atoms with Crippen LogP contribution in [0.5, 0.6) is 0 Å². The number of nitrogens with two attached hydrogens (primary N) is 1. The van der Waals surface area contributed by atoms with Gasteiger partial charge in [0.05, 0.1) is 0 Å². The van der Waals surface area contributed by atoms with Gasteiger partial charge in [-0.25, -0.2) is 9.97 Å². The molecule has 1 unspecified atom stereocenters. The molecule has 0 spiro atoms. The van der Waals surface area contributed by atoms with Gasteiger partial charge in [-0.05, 0) is 49.6 Å². The van der Waals surface area contributed by atoms with Crippen molar-refractivity contribution in [1.29, 1.82) is 0 Å². The van der Waals surface area contributed by atoms with Gasteiger partial charge < -0.3 is 5.73 Å². The summed E-state index contributed by atoms with van der Waals surface area (Å²) in [4.78, 5) is 9.18. The Morgan fingerprint density at radius 1 is 1.47 bits per heavy atom. The molecule has 0 aliphatic heterocycles. The third kappa shape index (κ3) is 3.25. The molecule has 1 heterocycles. The highest BCUT2D eigenvalue weighted by atomic mass is 14.9. The number of aromatic nitrogens is 2. The number of nitrogens with zero attached hydrogens (tertiary/aromatic N) is 2. The van der Waals surface area contributed by atoms with Gasteiger partial charge >= 0.3 is 0 Å². The van der Waals surface area contributed by atoms with Crippen molar-refractivity contribution in [2.24, 2.45) is 17.6 Å². The Balaban J connectivity index is 2.05. The molecule has 94 valence electrons. The molecule has 0 radical (unpaired) electrons. The first kappa shape index (κ1) is 12.5. The van der Waals surface area contributed by atoms with Crippen LogP contribution in [-0.4, -0.2) is 16.5 Å². The minimum Gasteiger partial charge on any atom is -0.330 e. The van der Waals surface area contributed by atoms with Crippen LogP contribution in [-0.2, 0) is 19.3 Å². The minimum atomic E-state index is 0.632. The zero-order valence-electron chi connectivity index (χ0n) is 10.9. The molecule has 0 amide bonds. The van der Waals surface area contributed by atoms with E-state index in [2.05, 4.69) is 18.8 Å². The van der Waals surface area contributed by atoms with Crippen LogP contribution in [0.2, 0.25) is 0 Å². The predicted octanol–water partition coefficient (Wildman–Crippen LogP) is 2.13. The van der Waals surface area contributed by atoms with Crippen molar-refractivity contribution in [2.75, 3.05) is 6.54 Å². The van der Waals surface area contributed by atoms with Crippen LogP contribution in [0.25, 0.3) is 0 Å². The lowest BCUT2D eigenvalue weighted by Crippen LogP contribution is -2.23. The van der Waals surface area contributed by atoms with Crippen molar-refractivity contribution >= 4 is 0 Å². The summed E-state index contributed by atoms with van der Waals surface area (Å²) in [5, 5.41) is 0. The first-order valence-electron chi connectivity index (χ1n) is 6.72. The summed E-state index contributed by atoms with van der Waals surface area (Å²) < 4.78 is 0. The fraction of sp³-hybridized carbons (Fsp3) is 0.714. The van der Waals surface area contributed by atoms with Gasteiger partial charge in [0.15, 0.2) is 0 Å². The number of hydrogen-bond donors (Lipinski definition) is 1. The second kappa shape index (κ2) is 5.58. The second-order valence-electron chi connectivity index (χ2n) is 5.54. The third-order valence-electron chi connectivity index (χ3n) is 3.58. The highest BCUT2D eigenvalue weighted by Crippen LogP contribution is 2.23. The summed E-state index contributed by atoms with van der Waals surface area (Å²) >= 11 is 0. The first-order valence-corrected chi connectivity index (χ1v) is 6.72. The van der Waals surface area contributed by atoms with Gasteiger partial charge in [-0.3, -0.25) is 0 Å². The lowest BCUT2D eigenvalue weighted by Gasteiger charge is -2.22. The van der Waals surface area contributed by atoms with Gasteiger partial charge in [-0.15, -0.1) is 0 Å². The normalized spacial score (nSPS) is 19.4. The Labute approximate surface area is 104 Å². The molecule has 0 fully saturated rings. The van der Waals surface area contributed by atoms with E-state index >= 15 is 0 Å². The van der Waals surface area contributed by atoms with Crippen molar-refractivity contribution in [1.82, 2.24) is 9.97 Å². The molecular weight excluding hydrogens is 210 g/mol. The van der Waals surface area contributed by atoms with E-state index in [4.69, 9.17) is 10.7 Å². The van der Waals surface area contributed by atoms with E-state index in [1.807, 2.05) is 6.20 Å². The second-order valence-corrected chi connectivity index (χ2v) is 5.54. The van der Waals surface area contributed by atoms with Crippen molar-refractivity contribution in [3.8, 4) is 0 Å². The van der Waals surface area contributed by atoms with Gasteiger partial charge in [-0.2, -0.15) is 0 Å². The van der Waals surface area contributed by atoms with Gasteiger partial charge in [0.2, 0.25) is 0 Å². The van der Waals surface area contributed by atoms with Crippen molar-refractivity contribution in [2.45, 2.75) is 46.0 Å². The molecule has 3 heteroatoms. The molecule has 1 aliphatic rings. The molecule has 0 aromatic carbocycles. The summed E-state index contributed by atoms with van der Waals surface area (Å²) in [6.07, 6.45) is 7.53. The third-order valence-corrected chi connectivity index (χ3v) is 3.58. The number of fused-ring (bicyclic) bond motifs is 1. The van der Waals surface area contributed by atoms with Crippen LogP contribution in [0.1, 0.15) is 43.8 Å². The maximum Gasteiger partial charge on any atom is 0.128 e.